The Kier molecular flexibility index (Phi) is 3.56. The van der Waals surface area contributed by atoms with Crippen LogP contribution in [0.1, 0.15) is 30.9 Å². The molecular formula is C12H16O. The zero-order valence-electron chi connectivity index (χ0n) is 8.09. The van der Waals surface area contributed by atoms with Gasteiger partial charge in [-0.25, -0.2) is 0 Å². The molecule has 0 atom stereocenters. The number of phenolic OH excluding ortho intramolecular Hbond substituents is 1. The smallest absolute Gasteiger partial charge is 0.119 e. The zero-order chi connectivity index (χ0) is 9.68. The number of unbranched alkanes of at least 4 members (excludes halogenated alkanes) is 1. The van der Waals surface area contributed by atoms with Gasteiger partial charge in [-0.1, -0.05) is 38.1 Å². The maximum atomic E-state index is 9.60. The summed E-state index contributed by atoms with van der Waals surface area (Å²) in [6, 6.07) is 5.72. The summed E-state index contributed by atoms with van der Waals surface area (Å²) in [5, 5.41) is 9.60. The van der Waals surface area contributed by atoms with Gasteiger partial charge in [-0.3, -0.25) is 0 Å². The third-order valence-corrected chi connectivity index (χ3v) is 2.14. The molecule has 0 bridgehead atoms. The van der Waals surface area contributed by atoms with Crippen LogP contribution >= 0.6 is 0 Å². The van der Waals surface area contributed by atoms with Gasteiger partial charge in [0.1, 0.15) is 5.75 Å². The lowest BCUT2D eigenvalue weighted by Crippen LogP contribution is -1.86. The van der Waals surface area contributed by atoms with Crippen LogP contribution in [-0.2, 0) is 6.42 Å². The van der Waals surface area contributed by atoms with Gasteiger partial charge in [0.15, 0.2) is 0 Å². The molecule has 1 heteroatoms. The first-order valence-corrected chi connectivity index (χ1v) is 4.72. The Labute approximate surface area is 79.7 Å². The number of benzene rings is 1. The van der Waals surface area contributed by atoms with Crippen LogP contribution in [0.15, 0.2) is 24.8 Å². The maximum Gasteiger partial charge on any atom is 0.119 e. The first-order chi connectivity index (χ1) is 6.27. The van der Waals surface area contributed by atoms with E-state index in [0.29, 0.717) is 5.75 Å². The van der Waals surface area contributed by atoms with Crippen molar-refractivity contribution < 1.29 is 5.11 Å². The molecule has 0 aliphatic heterocycles. The minimum Gasteiger partial charge on any atom is -0.508 e. The molecule has 0 heterocycles. The van der Waals surface area contributed by atoms with Gasteiger partial charge in [0.2, 0.25) is 0 Å². The van der Waals surface area contributed by atoms with Crippen LogP contribution in [0.3, 0.4) is 0 Å². The molecule has 0 unspecified atom stereocenters. The molecule has 0 aromatic heterocycles. The summed E-state index contributed by atoms with van der Waals surface area (Å²) in [6.45, 7) is 5.80. The van der Waals surface area contributed by atoms with Crippen LogP contribution in [0.4, 0.5) is 0 Å². The fourth-order valence-electron chi connectivity index (χ4n) is 1.29. The van der Waals surface area contributed by atoms with Crippen LogP contribution in [0.5, 0.6) is 5.75 Å². The second-order valence-electron chi connectivity index (χ2n) is 3.20. The van der Waals surface area contributed by atoms with Gasteiger partial charge < -0.3 is 5.11 Å². The summed E-state index contributed by atoms with van der Waals surface area (Å²) in [5.41, 5.74) is 2.00. The molecule has 13 heavy (non-hydrogen) atoms. The lowest BCUT2D eigenvalue weighted by molar-refractivity contribution is 0.467. The monoisotopic (exact) mass is 176 g/mol. The average Bonchev–Trinajstić information content (AvgIpc) is 2.16. The number of phenols is 1. The van der Waals surface area contributed by atoms with Crippen molar-refractivity contribution in [2.24, 2.45) is 0 Å². The summed E-state index contributed by atoms with van der Waals surface area (Å²) in [4.78, 5) is 0. The van der Waals surface area contributed by atoms with Crippen molar-refractivity contribution in [3.8, 4) is 5.75 Å². The molecule has 1 aromatic carbocycles. The van der Waals surface area contributed by atoms with E-state index in [1.54, 1.807) is 12.1 Å². The number of rotatable bonds is 4. The van der Waals surface area contributed by atoms with Gasteiger partial charge in [0.25, 0.3) is 0 Å². The Bertz CT molecular complexity index is 289. The zero-order valence-corrected chi connectivity index (χ0v) is 8.09. The van der Waals surface area contributed by atoms with E-state index in [1.807, 2.05) is 12.1 Å². The lowest BCUT2D eigenvalue weighted by atomic mass is 10.1. The van der Waals surface area contributed by atoms with Gasteiger partial charge in [0.05, 0.1) is 0 Å². The van der Waals surface area contributed by atoms with Crippen molar-refractivity contribution in [1.82, 2.24) is 0 Å². The Morgan fingerprint density at radius 1 is 1.46 bits per heavy atom. The van der Waals surface area contributed by atoms with E-state index in [9.17, 15) is 5.11 Å². The molecule has 0 spiro atoms. The molecule has 1 nitrogen and oxygen atoms in total. The molecule has 1 aromatic rings. The largest absolute Gasteiger partial charge is 0.508 e. The van der Waals surface area contributed by atoms with E-state index < -0.39 is 0 Å². The van der Waals surface area contributed by atoms with E-state index in [0.717, 1.165) is 30.4 Å². The van der Waals surface area contributed by atoms with Crippen molar-refractivity contribution in [3.63, 3.8) is 0 Å². The highest BCUT2D eigenvalue weighted by Crippen LogP contribution is 2.21. The minimum atomic E-state index is 0.394. The first-order valence-electron chi connectivity index (χ1n) is 4.72. The molecule has 0 amide bonds. The molecule has 0 radical (unpaired) electrons. The summed E-state index contributed by atoms with van der Waals surface area (Å²) < 4.78 is 0. The van der Waals surface area contributed by atoms with Gasteiger partial charge >= 0.3 is 0 Å². The van der Waals surface area contributed by atoms with E-state index in [-0.39, 0.29) is 0 Å². The van der Waals surface area contributed by atoms with Gasteiger partial charge in [-0.15, -0.1) is 0 Å². The molecule has 0 saturated carbocycles. The van der Waals surface area contributed by atoms with E-state index >= 15 is 0 Å². The SMILES string of the molecule is C=Cc1ccc(CCCC)c(O)c1. The van der Waals surface area contributed by atoms with Gasteiger partial charge in [0, 0.05) is 0 Å². The minimum absolute atomic E-state index is 0.394. The Balaban J connectivity index is 2.79. The highest BCUT2D eigenvalue weighted by molar-refractivity contribution is 5.51. The quantitative estimate of drug-likeness (QED) is 0.745. The van der Waals surface area contributed by atoms with Gasteiger partial charge in [-0.05, 0) is 30.0 Å². The van der Waals surface area contributed by atoms with Crippen LogP contribution in [-0.4, -0.2) is 5.11 Å². The molecule has 0 aliphatic rings. The Hall–Kier alpha value is -1.24. The van der Waals surface area contributed by atoms with Crippen molar-refractivity contribution in [3.05, 3.63) is 35.9 Å². The molecule has 0 fully saturated rings. The van der Waals surface area contributed by atoms with E-state index in [1.165, 1.54) is 0 Å². The van der Waals surface area contributed by atoms with Crippen LogP contribution in [0.25, 0.3) is 6.08 Å². The first kappa shape index (κ1) is 9.85. The second-order valence-corrected chi connectivity index (χ2v) is 3.20. The third-order valence-electron chi connectivity index (χ3n) is 2.14. The average molecular weight is 176 g/mol. The standard InChI is InChI=1S/C12H16O/c1-3-5-6-11-8-7-10(4-2)9-12(11)13/h4,7-9,13H,2-3,5-6H2,1H3. The molecule has 1 N–H and O–H groups in total. The lowest BCUT2D eigenvalue weighted by Gasteiger charge is -2.04. The fraction of sp³-hybridized carbons (Fsp3) is 0.333. The summed E-state index contributed by atoms with van der Waals surface area (Å²) in [6.07, 6.45) is 4.98. The maximum absolute atomic E-state index is 9.60. The van der Waals surface area contributed by atoms with Crippen molar-refractivity contribution >= 4 is 6.08 Å². The van der Waals surface area contributed by atoms with Crippen molar-refractivity contribution in [2.75, 3.05) is 0 Å². The Morgan fingerprint density at radius 2 is 2.23 bits per heavy atom. The molecule has 70 valence electrons. The third kappa shape index (κ3) is 2.62. The van der Waals surface area contributed by atoms with Crippen LogP contribution in [0, 0.1) is 0 Å². The summed E-state index contributed by atoms with van der Waals surface area (Å²) in [5.74, 6) is 0.394. The van der Waals surface area contributed by atoms with Crippen molar-refractivity contribution in [1.29, 1.82) is 0 Å². The molecule has 0 saturated heterocycles. The van der Waals surface area contributed by atoms with Crippen LogP contribution < -0.4 is 0 Å². The topological polar surface area (TPSA) is 20.2 Å². The number of aryl methyl sites for hydroxylation is 1. The van der Waals surface area contributed by atoms with E-state index in [4.69, 9.17) is 0 Å². The summed E-state index contributed by atoms with van der Waals surface area (Å²) in [7, 11) is 0. The molecule has 0 aliphatic carbocycles. The second kappa shape index (κ2) is 4.70. The highest BCUT2D eigenvalue weighted by atomic mass is 16.3. The highest BCUT2D eigenvalue weighted by Gasteiger charge is 1.99. The predicted octanol–water partition coefficient (Wildman–Crippen LogP) is 3.38. The summed E-state index contributed by atoms with van der Waals surface area (Å²) >= 11 is 0. The number of hydrogen-bond donors (Lipinski definition) is 1. The van der Waals surface area contributed by atoms with Crippen LogP contribution in [0.2, 0.25) is 0 Å². The van der Waals surface area contributed by atoms with Crippen molar-refractivity contribution in [2.45, 2.75) is 26.2 Å². The van der Waals surface area contributed by atoms with E-state index in [2.05, 4.69) is 13.5 Å². The molecule has 1 rings (SSSR count). The number of hydrogen-bond acceptors (Lipinski definition) is 1. The predicted molar refractivity (Wildman–Crippen MR) is 56.8 cm³/mol. The van der Waals surface area contributed by atoms with Gasteiger partial charge in [-0.2, -0.15) is 0 Å². The normalized spacial score (nSPS) is 9.92. The molecular weight excluding hydrogens is 160 g/mol. The number of aromatic hydroxyl groups is 1. The Morgan fingerprint density at radius 3 is 2.77 bits per heavy atom. The fourth-order valence-corrected chi connectivity index (χ4v) is 1.29.